The van der Waals surface area contributed by atoms with Gasteiger partial charge in [0.2, 0.25) is 0 Å². The zero-order valence-electron chi connectivity index (χ0n) is 16.3. The monoisotopic (exact) mass is 346 g/mol. The Hall–Kier alpha value is -0.700. The van der Waals surface area contributed by atoms with E-state index in [-0.39, 0.29) is 22.9 Å². The van der Waals surface area contributed by atoms with Gasteiger partial charge in [0, 0.05) is 18.8 Å². The third-order valence-corrected chi connectivity index (χ3v) is 9.19. The van der Waals surface area contributed by atoms with Crippen molar-refractivity contribution in [2.75, 3.05) is 0 Å². The zero-order valence-corrected chi connectivity index (χ0v) is 16.3. The lowest BCUT2D eigenvalue weighted by molar-refractivity contribution is -0.174. The first-order chi connectivity index (χ1) is 11.7. The van der Waals surface area contributed by atoms with Gasteiger partial charge in [-0.2, -0.15) is 0 Å². The van der Waals surface area contributed by atoms with E-state index in [0.717, 1.165) is 38.5 Å². The summed E-state index contributed by atoms with van der Waals surface area (Å²) in [6.45, 7) is 8.63. The molecule has 0 heterocycles. The highest BCUT2D eigenvalue weighted by atomic mass is 16.3. The molecule has 4 aliphatic carbocycles. The van der Waals surface area contributed by atoms with Gasteiger partial charge in [-0.15, -0.1) is 0 Å². The van der Waals surface area contributed by atoms with Crippen LogP contribution in [0.2, 0.25) is 0 Å². The van der Waals surface area contributed by atoms with Crippen molar-refractivity contribution in [1.82, 2.24) is 0 Å². The van der Waals surface area contributed by atoms with E-state index < -0.39 is 0 Å². The molecule has 1 N–H and O–H groups in total. The Balaban J connectivity index is 1.70. The summed E-state index contributed by atoms with van der Waals surface area (Å²) in [7, 11) is 0. The predicted octanol–water partition coefficient (Wildman–Crippen LogP) is 4.02. The van der Waals surface area contributed by atoms with E-state index in [9.17, 15) is 14.7 Å². The summed E-state index contributed by atoms with van der Waals surface area (Å²) >= 11 is 0. The average molecular weight is 347 g/mol. The molecule has 4 fully saturated rings. The van der Waals surface area contributed by atoms with Crippen LogP contribution in [0.1, 0.15) is 72.6 Å². The van der Waals surface area contributed by atoms with E-state index >= 15 is 0 Å². The van der Waals surface area contributed by atoms with Gasteiger partial charge in [-0.25, -0.2) is 0 Å². The van der Waals surface area contributed by atoms with Crippen LogP contribution in [0.3, 0.4) is 0 Å². The standard InChI is InChI=1S/C22H34O3/c1-12-9-17-16-6-5-14-10-15(24)7-8-21(14,3)20(16)18(25)11-22(17,4)19(12)13(2)23/h12,14,16-20,25H,5-11H2,1-4H3/t12-,14+,16+,17-,18-,19-,20+,21+,22+/m1/s1. The number of hydrogen-bond donors (Lipinski definition) is 1. The van der Waals surface area contributed by atoms with E-state index in [1.54, 1.807) is 6.92 Å². The van der Waals surface area contributed by atoms with Crippen LogP contribution in [-0.2, 0) is 9.59 Å². The maximum Gasteiger partial charge on any atom is 0.133 e. The number of fused-ring (bicyclic) bond motifs is 5. The second-order valence-electron chi connectivity index (χ2n) is 10.4. The van der Waals surface area contributed by atoms with Crippen LogP contribution in [0.4, 0.5) is 0 Å². The molecule has 4 aliphatic rings. The third kappa shape index (κ3) is 2.33. The van der Waals surface area contributed by atoms with Gasteiger partial charge in [0.25, 0.3) is 0 Å². The summed E-state index contributed by atoms with van der Waals surface area (Å²) in [5, 5.41) is 11.3. The molecule has 140 valence electrons. The molecule has 0 bridgehead atoms. The molecule has 0 aliphatic heterocycles. The van der Waals surface area contributed by atoms with Crippen molar-refractivity contribution in [3.63, 3.8) is 0 Å². The van der Waals surface area contributed by atoms with E-state index in [1.165, 1.54) is 0 Å². The van der Waals surface area contributed by atoms with Crippen molar-refractivity contribution in [1.29, 1.82) is 0 Å². The number of aliphatic hydroxyl groups is 1. The topological polar surface area (TPSA) is 54.4 Å². The molecule has 3 heteroatoms. The molecule has 0 aromatic carbocycles. The van der Waals surface area contributed by atoms with Crippen molar-refractivity contribution in [3.8, 4) is 0 Å². The molecule has 0 unspecified atom stereocenters. The van der Waals surface area contributed by atoms with Crippen LogP contribution in [-0.4, -0.2) is 22.8 Å². The number of carbonyl (C=O) groups excluding carboxylic acids is 2. The number of carbonyl (C=O) groups is 2. The van der Waals surface area contributed by atoms with Crippen molar-refractivity contribution in [3.05, 3.63) is 0 Å². The Morgan fingerprint density at radius 3 is 2.60 bits per heavy atom. The van der Waals surface area contributed by atoms with Crippen LogP contribution in [0.25, 0.3) is 0 Å². The molecule has 0 radical (unpaired) electrons. The zero-order chi connectivity index (χ0) is 18.1. The Kier molecular flexibility index (Phi) is 4.00. The van der Waals surface area contributed by atoms with E-state index in [0.29, 0.717) is 47.6 Å². The van der Waals surface area contributed by atoms with Crippen LogP contribution in [0.15, 0.2) is 0 Å². The molecule has 4 saturated carbocycles. The maximum atomic E-state index is 12.4. The summed E-state index contributed by atoms with van der Waals surface area (Å²) in [5.74, 6) is 3.11. The van der Waals surface area contributed by atoms with Crippen LogP contribution in [0.5, 0.6) is 0 Å². The molecular formula is C22H34O3. The minimum atomic E-state index is -0.320. The van der Waals surface area contributed by atoms with Crippen molar-refractivity contribution < 1.29 is 14.7 Å². The number of ketones is 2. The first-order valence-corrected chi connectivity index (χ1v) is 10.4. The maximum absolute atomic E-state index is 12.4. The summed E-state index contributed by atoms with van der Waals surface area (Å²) in [4.78, 5) is 24.4. The Bertz CT molecular complexity index is 598. The lowest BCUT2D eigenvalue weighted by atomic mass is 9.44. The molecule has 9 atom stereocenters. The molecule has 3 nitrogen and oxygen atoms in total. The van der Waals surface area contributed by atoms with Gasteiger partial charge in [-0.3, -0.25) is 9.59 Å². The number of rotatable bonds is 1. The highest BCUT2D eigenvalue weighted by Crippen LogP contribution is 2.68. The first kappa shape index (κ1) is 17.7. The summed E-state index contributed by atoms with van der Waals surface area (Å²) in [5.41, 5.74) is 0.0641. The van der Waals surface area contributed by atoms with Gasteiger partial charge in [-0.05, 0) is 79.4 Å². The predicted molar refractivity (Wildman–Crippen MR) is 96.8 cm³/mol. The fourth-order valence-electron chi connectivity index (χ4n) is 8.40. The molecule has 0 aromatic heterocycles. The smallest absolute Gasteiger partial charge is 0.133 e. The third-order valence-electron chi connectivity index (χ3n) is 9.19. The Morgan fingerprint density at radius 2 is 1.92 bits per heavy atom. The number of hydrogen-bond acceptors (Lipinski definition) is 3. The second-order valence-corrected chi connectivity index (χ2v) is 10.4. The SMILES string of the molecule is CC(=O)[C@H]1[C@H](C)C[C@@H]2[C@@H]3CC[C@H]4CC(=O)CC[C@]4(C)[C@@H]3[C@H](O)C[C@@]21C. The summed E-state index contributed by atoms with van der Waals surface area (Å²) in [6, 6.07) is 0. The van der Waals surface area contributed by atoms with E-state index in [2.05, 4.69) is 20.8 Å². The van der Waals surface area contributed by atoms with Gasteiger partial charge in [0.15, 0.2) is 0 Å². The number of Topliss-reactive ketones (excluding diaryl/α,β-unsaturated/α-hetero) is 2. The van der Waals surface area contributed by atoms with Crippen LogP contribution in [0, 0.1) is 46.3 Å². The largest absolute Gasteiger partial charge is 0.393 e. The van der Waals surface area contributed by atoms with Crippen LogP contribution < -0.4 is 0 Å². The summed E-state index contributed by atoms with van der Waals surface area (Å²) < 4.78 is 0. The summed E-state index contributed by atoms with van der Waals surface area (Å²) in [6.07, 6.45) is 6.20. The highest BCUT2D eigenvalue weighted by Gasteiger charge is 2.64. The van der Waals surface area contributed by atoms with Crippen LogP contribution >= 0.6 is 0 Å². The molecular weight excluding hydrogens is 312 g/mol. The lowest BCUT2D eigenvalue weighted by Gasteiger charge is -2.61. The minimum absolute atomic E-state index is 0.0421. The molecule has 25 heavy (non-hydrogen) atoms. The quantitative estimate of drug-likeness (QED) is 0.780. The first-order valence-electron chi connectivity index (χ1n) is 10.4. The average Bonchev–Trinajstić information content (AvgIpc) is 2.77. The molecule has 4 rings (SSSR count). The van der Waals surface area contributed by atoms with Crippen molar-refractivity contribution in [2.24, 2.45) is 46.3 Å². The van der Waals surface area contributed by atoms with Gasteiger partial charge in [0.05, 0.1) is 6.10 Å². The van der Waals surface area contributed by atoms with E-state index in [1.807, 2.05) is 0 Å². The Morgan fingerprint density at radius 1 is 1.20 bits per heavy atom. The normalized spacial score (nSPS) is 55.2. The molecule has 0 amide bonds. The minimum Gasteiger partial charge on any atom is -0.393 e. The van der Waals surface area contributed by atoms with Gasteiger partial charge >= 0.3 is 0 Å². The highest BCUT2D eigenvalue weighted by molar-refractivity contribution is 5.80. The molecule has 0 aromatic rings. The number of aliphatic hydroxyl groups excluding tert-OH is 1. The van der Waals surface area contributed by atoms with Crippen molar-refractivity contribution in [2.45, 2.75) is 78.7 Å². The van der Waals surface area contributed by atoms with Crippen molar-refractivity contribution >= 4 is 11.6 Å². The molecule has 0 spiro atoms. The molecule has 0 saturated heterocycles. The Labute approximate surface area is 151 Å². The van der Waals surface area contributed by atoms with Gasteiger partial charge in [0.1, 0.15) is 11.6 Å². The van der Waals surface area contributed by atoms with Gasteiger partial charge in [-0.1, -0.05) is 20.8 Å². The van der Waals surface area contributed by atoms with Gasteiger partial charge < -0.3 is 5.11 Å². The fourth-order valence-corrected chi connectivity index (χ4v) is 8.40. The lowest BCUT2D eigenvalue weighted by Crippen LogP contribution is -2.59. The second kappa shape index (κ2) is 5.65. The van der Waals surface area contributed by atoms with E-state index in [4.69, 9.17) is 0 Å². The fraction of sp³-hybridized carbons (Fsp3) is 0.909.